The minimum absolute atomic E-state index is 0.0480. The molecule has 1 N–H and O–H groups in total. The maximum Gasteiger partial charge on any atom is 0.275 e. The molecule has 0 saturated carbocycles. The maximum atomic E-state index is 14.0. The van der Waals surface area contributed by atoms with E-state index < -0.39 is 29.5 Å². The van der Waals surface area contributed by atoms with Crippen LogP contribution in [0.4, 0.5) is 8.78 Å². The number of hydrogen-bond donors (Lipinski definition) is 1. The third-order valence-corrected chi connectivity index (χ3v) is 6.10. The quantitative estimate of drug-likeness (QED) is 0.490. The third kappa shape index (κ3) is 5.18. The maximum absolute atomic E-state index is 14.0. The number of aromatic nitrogens is 1. The van der Waals surface area contributed by atoms with Crippen LogP contribution in [0.25, 0.3) is 11.1 Å². The Labute approximate surface area is 202 Å². The van der Waals surface area contributed by atoms with Gasteiger partial charge in [0.15, 0.2) is 5.75 Å². The Bertz CT molecular complexity index is 1190. The molecular formula is C26H27F2N3O4. The lowest BCUT2D eigenvalue weighted by Gasteiger charge is -2.28. The molecule has 1 aliphatic rings. The van der Waals surface area contributed by atoms with Gasteiger partial charge in [-0.2, -0.15) is 5.48 Å². The van der Waals surface area contributed by atoms with Crippen molar-refractivity contribution in [2.45, 2.75) is 45.6 Å². The second-order valence-corrected chi connectivity index (χ2v) is 8.97. The molecule has 1 aliphatic heterocycles. The SMILES string of the molecule is Cc1cc(C(C(=O)N2CCCC2C(=O)NOc2ccc(-c3c(F)cccc3F)cc2)C(C)C)on1. The van der Waals surface area contributed by atoms with Gasteiger partial charge in [0.05, 0.1) is 11.3 Å². The van der Waals surface area contributed by atoms with Crippen molar-refractivity contribution in [3.63, 3.8) is 0 Å². The number of benzene rings is 2. The van der Waals surface area contributed by atoms with E-state index in [0.29, 0.717) is 36.4 Å². The largest absolute Gasteiger partial charge is 0.379 e. The second kappa shape index (κ2) is 10.2. The zero-order valence-electron chi connectivity index (χ0n) is 19.8. The molecule has 2 amide bonds. The highest BCUT2D eigenvalue weighted by Crippen LogP contribution is 2.31. The minimum Gasteiger partial charge on any atom is -0.379 e. The number of aryl methyl sites for hydroxylation is 1. The molecule has 1 fully saturated rings. The fraction of sp³-hybridized carbons (Fsp3) is 0.346. The van der Waals surface area contributed by atoms with Gasteiger partial charge in [-0.05, 0) is 55.5 Å². The van der Waals surface area contributed by atoms with Crippen molar-refractivity contribution in [2.24, 2.45) is 5.92 Å². The first-order valence-electron chi connectivity index (χ1n) is 11.5. The Morgan fingerprint density at radius 2 is 1.83 bits per heavy atom. The van der Waals surface area contributed by atoms with Crippen molar-refractivity contribution in [3.8, 4) is 16.9 Å². The molecule has 2 heterocycles. The molecule has 2 aromatic carbocycles. The summed E-state index contributed by atoms with van der Waals surface area (Å²) >= 11 is 0. The number of hydrogen-bond acceptors (Lipinski definition) is 5. The van der Waals surface area contributed by atoms with E-state index in [0.717, 1.165) is 0 Å². The molecule has 0 bridgehead atoms. The van der Waals surface area contributed by atoms with Crippen molar-refractivity contribution >= 4 is 11.8 Å². The van der Waals surface area contributed by atoms with E-state index in [1.807, 2.05) is 13.8 Å². The van der Waals surface area contributed by atoms with Gasteiger partial charge in [-0.25, -0.2) is 8.78 Å². The van der Waals surface area contributed by atoms with Crippen LogP contribution >= 0.6 is 0 Å². The summed E-state index contributed by atoms with van der Waals surface area (Å²) in [5.74, 6) is -1.80. The van der Waals surface area contributed by atoms with Gasteiger partial charge in [-0.3, -0.25) is 9.59 Å². The number of nitrogens with one attached hydrogen (secondary N) is 1. The van der Waals surface area contributed by atoms with Gasteiger partial charge in [0, 0.05) is 12.6 Å². The number of rotatable bonds is 7. The first kappa shape index (κ1) is 24.4. The molecule has 1 aromatic heterocycles. The van der Waals surface area contributed by atoms with Crippen LogP contribution < -0.4 is 10.3 Å². The standard InChI is InChI=1S/C26H27F2N3O4/c1-15(2)23(22-14-16(3)29-35-22)26(33)31-13-5-8-21(31)25(32)30-34-18-11-9-17(10-12-18)24-19(27)6-4-7-20(24)28/h4,6-7,9-12,14-15,21,23H,5,8,13H2,1-3H3,(H,30,32). The van der Waals surface area contributed by atoms with Crippen LogP contribution in [0, 0.1) is 24.5 Å². The molecule has 2 unspecified atom stereocenters. The van der Waals surface area contributed by atoms with E-state index >= 15 is 0 Å². The fourth-order valence-electron chi connectivity index (χ4n) is 4.39. The Balaban J connectivity index is 1.41. The summed E-state index contributed by atoms with van der Waals surface area (Å²) in [6.45, 7) is 6.09. The summed E-state index contributed by atoms with van der Waals surface area (Å²) in [6, 6.07) is 10.7. The molecule has 0 aliphatic carbocycles. The summed E-state index contributed by atoms with van der Waals surface area (Å²) in [5.41, 5.74) is 3.30. The number of amides is 2. The fourth-order valence-corrected chi connectivity index (χ4v) is 4.39. The zero-order valence-corrected chi connectivity index (χ0v) is 19.8. The van der Waals surface area contributed by atoms with Crippen LogP contribution in [0.2, 0.25) is 0 Å². The molecule has 7 nitrogen and oxygen atoms in total. The lowest BCUT2D eigenvalue weighted by Crippen LogP contribution is -2.48. The summed E-state index contributed by atoms with van der Waals surface area (Å²) in [4.78, 5) is 33.2. The minimum atomic E-state index is -0.681. The van der Waals surface area contributed by atoms with Gasteiger partial charge in [0.2, 0.25) is 5.91 Å². The lowest BCUT2D eigenvalue weighted by atomic mass is 9.91. The molecule has 0 spiro atoms. The molecule has 0 radical (unpaired) electrons. The molecule has 3 aromatic rings. The predicted molar refractivity (Wildman–Crippen MR) is 124 cm³/mol. The number of nitrogens with zero attached hydrogens (tertiary/aromatic N) is 2. The van der Waals surface area contributed by atoms with Crippen molar-refractivity contribution < 1.29 is 27.7 Å². The Morgan fingerprint density at radius 3 is 2.43 bits per heavy atom. The van der Waals surface area contributed by atoms with E-state index in [1.165, 1.54) is 42.5 Å². The van der Waals surface area contributed by atoms with Gasteiger partial charge in [0.25, 0.3) is 5.91 Å². The van der Waals surface area contributed by atoms with Crippen molar-refractivity contribution in [1.82, 2.24) is 15.5 Å². The highest BCUT2D eigenvalue weighted by atomic mass is 19.1. The lowest BCUT2D eigenvalue weighted by molar-refractivity contribution is -0.143. The summed E-state index contributed by atoms with van der Waals surface area (Å²) < 4.78 is 33.4. The number of carbonyl (C=O) groups excluding carboxylic acids is 2. The first-order chi connectivity index (χ1) is 16.8. The van der Waals surface area contributed by atoms with Gasteiger partial charge >= 0.3 is 0 Å². The van der Waals surface area contributed by atoms with Gasteiger partial charge in [0.1, 0.15) is 29.4 Å². The first-order valence-corrected chi connectivity index (χ1v) is 11.5. The number of likely N-dealkylation sites (tertiary alicyclic amines) is 1. The molecule has 35 heavy (non-hydrogen) atoms. The predicted octanol–water partition coefficient (Wildman–Crippen LogP) is 4.77. The topological polar surface area (TPSA) is 84.7 Å². The average Bonchev–Trinajstić information content (AvgIpc) is 3.47. The average molecular weight is 484 g/mol. The Hall–Kier alpha value is -3.75. The highest BCUT2D eigenvalue weighted by molar-refractivity contribution is 5.90. The van der Waals surface area contributed by atoms with E-state index in [1.54, 1.807) is 17.9 Å². The summed E-state index contributed by atoms with van der Waals surface area (Å²) in [5, 5.41) is 3.89. The van der Waals surface area contributed by atoms with Gasteiger partial charge < -0.3 is 14.3 Å². The summed E-state index contributed by atoms with van der Waals surface area (Å²) in [7, 11) is 0. The number of halogens is 2. The normalized spacial score (nSPS) is 16.4. The zero-order chi connectivity index (χ0) is 25.1. The molecular weight excluding hydrogens is 456 g/mol. The molecule has 9 heteroatoms. The Kier molecular flexibility index (Phi) is 7.14. The molecule has 2 atom stereocenters. The number of hydroxylamine groups is 1. The van der Waals surface area contributed by atoms with Crippen molar-refractivity contribution in [3.05, 3.63) is 71.6 Å². The van der Waals surface area contributed by atoms with Gasteiger partial charge in [-0.15, -0.1) is 0 Å². The van der Waals surface area contributed by atoms with Crippen LogP contribution in [0.15, 0.2) is 53.1 Å². The van der Waals surface area contributed by atoms with Crippen molar-refractivity contribution in [2.75, 3.05) is 6.54 Å². The van der Waals surface area contributed by atoms with E-state index in [9.17, 15) is 18.4 Å². The summed E-state index contributed by atoms with van der Waals surface area (Å²) in [6.07, 6.45) is 1.19. The van der Waals surface area contributed by atoms with Crippen LogP contribution in [-0.2, 0) is 9.59 Å². The molecule has 4 rings (SSSR count). The van der Waals surface area contributed by atoms with E-state index in [2.05, 4.69) is 10.6 Å². The van der Waals surface area contributed by atoms with Crippen LogP contribution in [0.1, 0.15) is 44.1 Å². The smallest absolute Gasteiger partial charge is 0.275 e. The van der Waals surface area contributed by atoms with E-state index in [-0.39, 0.29) is 23.1 Å². The third-order valence-electron chi connectivity index (χ3n) is 6.10. The monoisotopic (exact) mass is 483 g/mol. The number of carbonyl (C=O) groups is 2. The second-order valence-electron chi connectivity index (χ2n) is 8.97. The van der Waals surface area contributed by atoms with E-state index in [4.69, 9.17) is 9.36 Å². The van der Waals surface area contributed by atoms with Crippen LogP contribution in [-0.4, -0.2) is 34.5 Å². The van der Waals surface area contributed by atoms with Crippen LogP contribution in [0.5, 0.6) is 5.75 Å². The van der Waals surface area contributed by atoms with Gasteiger partial charge in [-0.1, -0.05) is 37.2 Å². The molecule has 184 valence electrons. The Morgan fingerprint density at radius 1 is 1.14 bits per heavy atom. The highest BCUT2D eigenvalue weighted by Gasteiger charge is 2.40. The molecule has 1 saturated heterocycles. The van der Waals surface area contributed by atoms with Crippen molar-refractivity contribution in [1.29, 1.82) is 0 Å². The van der Waals surface area contributed by atoms with Crippen LogP contribution in [0.3, 0.4) is 0 Å².